The van der Waals surface area contributed by atoms with Gasteiger partial charge in [-0.1, -0.05) is 13.3 Å². The molecule has 0 spiro atoms. The maximum Gasteiger partial charge on any atom is 0.473 e. The van der Waals surface area contributed by atoms with Gasteiger partial charge in [0.25, 0.3) is 0 Å². The van der Waals surface area contributed by atoms with Gasteiger partial charge in [0.05, 0.1) is 6.61 Å². The van der Waals surface area contributed by atoms with E-state index in [0.29, 0.717) is 12.8 Å². The summed E-state index contributed by atoms with van der Waals surface area (Å²) in [6, 6.07) is 0. The molecule has 240 valence electrons. The number of phosphoric ester groups is 3. The van der Waals surface area contributed by atoms with Crippen LogP contribution in [0.2, 0.25) is 0 Å². The molecular formula is C17H31O21P3. The molecule has 1 aliphatic rings. The number of carbonyl (C=O) groups is 3. The number of methoxy groups -OCH3 is 1. The Morgan fingerprint density at radius 2 is 1.15 bits per heavy atom. The Morgan fingerprint density at radius 1 is 0.732 bits per heavy atom. The van der Waals surface area contributed by atoms with Gasteiger partial charge in [-0.25, -0.2) is 28.1 Å². The second-order valence-corrected chi connectivity index (χ2v) is 12.0. The highest BCUT2D eigenvalue weighted by atomic mass is 31.2. The Balaban J connectivity index is 3.57. The number of rotatable bonds is 21. The van der Waals surface area contributed by atoms with Crippen molar-refractivity contribution in [3.63, 3.8) is 0 Å². The first-order valence-electron chi connectivity index (χ1n) is 11.3. The maximum absolute atomic E-state index is 12.6. The minimum absolute atomic E-state index is 0.105. The Bertz CT molecular complexity index is 1020. The molecule has 1 rings (SSSR count). The van der Waals surface area contributed by atoms with Crippen molar-refractivity contribution in [3.8, 4) is 0 Å². The second kappa shape index (κ2) is 17.0. The fraction of sp³-hybridized carbons (Fsp3) is 0.824. The van der Waals surface area contributed by atoms with Crippen molar-refractivity contribution >= 4 is 41.4 Å². The lowest BCUT2D eigenvalue weighted by Crippen LogP contribution is -2.61. The molecule has 0 aliphatic carbocycles. The van der Waals surface area contributed by atoms with E-state index in [1.54, 1.807) is 0 Å². The lowest BCUT2D eigenvalue weighted by Gasteiger charge is -2.45. The Morgan fingerprint density at radius 3 is 1.54 bits per heavy atom. The van der Waals surface area contributed by atoms with Gasteiger partial charge < -0.3 is 44.2 Å². The molecule has 0 aromatic heterocycles. The zero-order chi connectivity index (χ0) is 31.4. The monoisotopic (exact) mass is 664 g/mol. The molecule has 21 nitrogen and oxygen atoms in total. The lowest BCUT2D eigenvalue weighted by atomic mass is 9.99. The van der Waals surface area contributed by atoms with E-state index in [4.69, 9.17) is 43.1 Å². The van der Waals surface area contributed by atoms with Crippen molar-refractivity contribution in [1.29, 1.82) is 0 Å². The SMILES string of the molecule is CCCCOC[C@H]1O[C@H](OC)[C@@H](OP(=O)(O)OCC(=O)O)[C@H](OP(=O)(O)OCC(=O)O)[C@@H]1OP(=O)(O)OCC(=O)O. The van der Waals surface area contributed by atoms with Crippen LogP contribution in [0, 0.1) is 0 Å². The summed E-state index contributed by atoms with van der Waals surface area (Å²) < 4.78 is 81.3. The van der Waals surface area contributed by atoms with E-state index < -0.39 is 98.5 Å². The van der Waals surface area contributed by atoms with Crippen LogP contribution in [-0.4, -0.2) is 119 Å². The average molecular weight is 664 g/mol. The van der Waals surface area contributed by atoms with E-state index in [9.17, 15) is 42.8 Å². The van der Waals surface area contributed by atoms with Gasteiger partial charge in [-0.15, -0.1) is 0 Å². The van der Waals surface area contributed by atoms with Crippen LogP contribution < -0.4 is 0 Å². The number of hydrogen-bond donors (Lipinski definition) is 6. The highest BCUT2D eigenvalue weighted by Gasteiger charge is 2.55. The third-order valence-corrected chi connectivity index (χ3v) is 7.46. The Labute approximate surface area is 231 Å². The molecule has 24 heteroatoms. The number of phosphoric acid groups is 3. The van der Waals surface area contributed by atoms with Crippen LogP contribution in [0.3, 0.4) is 0 Å². The van der Waals surface area contributed by atoms with Crippen molar-refractivity contribution in [2.45, 2.75) is 50.5 Å². The molecule has 6 N–H and O–H groups in total. The van der Waals surface area contributed by atoms with Gasteiger partial charge >= 0.3 is 41.4 Å². The van der Waals surface area contributed by atoms with Crippen LogP contribution in [0.25, 0.3) is 0 Å². The quantitative estimate of drug-likeness (QED) is 0.0691. The molecule has 0 saturated carbocycles. The third-order valence-electron chi connectivity index (χ3n) is 4.57. The van der Waals surface area contributed by atoms with Gasteiger partial charge in [0.1, 0.15) is 24.4 Å². The molecule has 0 bridgehead atoms. The summed E-state index contributed by atoms with van der Waals surface area (Å²) in [5.41, 5.74) is 0. The number of aliphatic carboxylic acids is 3. The zero-order valence-corrected chi connectivity index (χ0v) is 24.2. The van der Waals surface area contributed by atoms with Crippen molar-refractivity contribution in [3.05, 3.63) is 0 Å². The van der Waals surface area contributed by atoms with Crippen LogP contribution in [-0.2, 0) is 69.4 Å². The van der Waals surface area contributed by atoms with Crippen LogP contribution in [0.5, 0.6) is 0 Å². The van der Waals surface area contributed by atoms with Gasteiger partial charge in [0.15, 0.2) is 26.1 Å². The highest BCUT2D eigenvalue weighted by Crippen LogP contribution is 2.54. The Hall–Kier alpha value is -1.38. The number of carboxylic acid groups (broad SMARTS) is 3. The minimum Gasteiger partial charge on any atom is -0.480 e. The molecule has 1 saturated heterocycles. The minimum atomic E-state index is -5.49. The molecule has 1 fully saturated rings. The summed E-state index contributed by atoms with van der Waals surface area (Å²) >= 11 is 0. The van der Waals surface area contributed by atoms with E-state index in [-0.39, 0.29) is 6.61 Å². The van der Waals surface area contributed by atoms with Gasteiger partial charge in [-0.05, 0) is 6.42 Å². The van der Waals surface area contributed by atoms with Crippen LogP contribution in [0.4, 0.5) is 0 Å². The molecule has 3 unspecified atom stereocenters. The maximum atomic E-state index is 12.6. The normalized spacial score (nSPS) is 27.3. The fourth-order valence-electron chi connectivity index (χ4n) is 2.97. The fourth-order valence-corrected chi connectivity index (χ4v) is 5.61. The summed E-state index contributed by atoms with van der Waals surface area (Å²) in [5, 5.41) is 26.3. The highest BCUT2D eigenvalue weighted by molar-refractivity contribution is 7.48. The predicted molar refractivity (Wildman–Crippen MR) is 126 cm³/mol. The smallest absolute Gasteiger partial charge is 0.473 e. The molecule has 0 aromatic carbocycles. The van der Waals surface area contributed by atoms with Crippen molar-refractivity contribution in [2.24, 2.45) is 0 Å². The lowest BCUT2D eigenvalue weighted by molar-refractivity contribution is -0.287. The summed E-state index contributed by atoms with van der Waals surface area (Å²) in [6.07, 6.45) is -8.98. The van der Waals surface area contributed by atoms with Crippen LogP contribution >= 0.6 is 23.5 Å². The summed E-state index contributed by atoms with van der Waals surface area (Å²) in [6.45, 7) is -2.71. The molecule has 0 aromatic rings. The van der Waals surface area contributed by atoms with E-state index in [2.05, 4.69) is 13.6 Å². The third kappa shape index (κ3) is 14.6. The zero-order valence-electron chi connectivity index (χ0n) is 21.5. The van der Waals surface area contributed by atoms with Crippen molar-refractivity contribution < 1.29 is 99.4 Å². The molecular weight excluding hydrogens is 633 g/mol. The predicted octanol–water partition coefficient (Wildman–Crippen LogP) is -0.0652. The van der Waals surface area contributed by atoms with Gasteiger partial charge in [0, 0.05) is 13.7 Å². The first-order valence-corrected chi connectivity index (χ1v) is 15.8. The first-order chi connectivity index (χ1) is 18.9. The molecule has 0 amide bonds. The van der Waals surface area contributed by atoms with Gasteiger partial charge in [-0.2, -0.15) is 0 Å². The van der Waals surface area contributed by atoms with E-state index in [1.165, 1.54) is 0 Å². The van der Waals surface area contributed by atoms with Gasteiger partial charge in [-0.3, -0.25) is 27.1 Å². The van der Waals surface area contributed by atoms with E-state index >= 15 is 0 Å². The number of hydrogen-bond acceptors (Lipinski definition) is 15. The Kier molecular flexibility index (Phi) is 15.7. The standard InChI is InChI=1S/C17H31O21P3/c1-3-4-5-31-6-10-14(36-39(24,25)32-7-11(18)19)15(37-40(26,27)33-8-12(20)21)16(17(30-2)35-10)38-41(28,29)34-9-13(22)23/h10,14-17H,3-9H2,1-2H3,(H,18,19)(H,20,21)(H,22,23)(H,24,25)(H,26,27)(H,28,29)/t10-,14-,15-,16+,17+/m1/s1. The van der Waals surface area contributed by atoms with E-state index in [1.807, 2.05) is 6.92 Å². The first kappa shape index (κ1) is 37.6. The van der Waals surface area contributed by atoms with E-state index in [0.717, 1.165) is 7.11 Å². The van der Waals surface area contributed by atoms with Crippen LogP contribution in [0.15, 0.2) is 0 Å². The molecule has 1 aliphatic heterocycles. The second-order valence-electron chi connectivity index (χ2n) is 7.82. The molecule has 41 heavy (non-hydrogen) atoms. The number of carboxylic acids is 3. The molecule has 0 radical (unpaired) electrons. The van der Waals surface area contributed by atoms with Crippen molar-refractivity contribution in [1.82, 2.24) is 0 Å². The van der Waals surface area contributed by atoms with Gasteiger partial charge in [0.2, 0.25) is 0 Å². The molecule has 8 atom stereocenters. The topological polar surface area (TPSA) is 307 Å². The average Bonchev–Trinajstić information content (AvgIpc) is 2.86. The summed E-state index contributed by atoms with van der Waals surface area (Å²) in [5.74, 6) is -5.13. The summed E-state index contributed by atoms with van der Waals surface area (Å²) in [7, 11) is -15.3. The van der Waals surface area contributed by atoms with Crippen LogP contribution in [0.1, 0.15) is 19.8 Å². The largest absolute Gasteiger partial charge is 0.480 e. The number of ether oxygens (including phenoxy) is 3. The number of unbranched alkanes of at least 4 members (excludes halogenated alkanes) is 1. The van der Waals surface area contributed by atoms with Crippen molar-refractivity contribution in [2.75, 3.05) is 40.1 Å². The summed E-state index contributed by atoms with van der Waals surface area (Å²) in [4.78, 5) is 62.7. The molecule has 1 heterocycles.